The van der Waals surface area contributed by atoms with Gasteiger partial charge in [-0.25, -0.2) is 0 Å². The Bertz CT molecular complexity index is 1030. The van der Waals surface area contributed by atoms with Crippen molar-refractivity contribution >= 4 is 39.1 Å². The van der Waals surface area contributed by atoms with Crippen molar-refractivity contribution in [2.24, 2.45) is 0 Å². The number of pyridine rings is 1. The van der Waals surface area contributed by atoms with Crippen molar-refractivity contribution < 1.29 is 9.84 Å². The fraction of sp³-hybridized carbons (Fsp3) is 0.150. The van der Waals surface area contributed by atoms with Crippen LogP contribution in [0.15, 0.2) is 57.8 Å². The van der Waals surface area contributed by atoms with Crippen LogP contribution in [0.2, 0.25) is 10.0 Å². The number of benzene rings is 2. The third-order valence-corrected chi connectivity index (χ3v) is 5.34. The molecule has 27 heavy (non-hydrogen) atoms. The Kier molecular flexibility index (Phi) is 6.27. The number of aliphatic hydroxyl groups is 1. The Morgan fingerprint density at radius 3 is 2.33 bits per heavy atom. The number of rotatable bonds is 5. The molecule has 0 fully saturated rings. The Hall–Kier alpha value is -1.79. The molecule has 140 valence electrons. The van der Waals surface area contributed by atoms with Crippen LogP contribution in [0.25, 0.3) is 0 Å². The maximum atomic E-state index is 12.8. The lowest BCUT2D eigenvalue weighted by molar-refractivity contribution is 0.282. The minimum atomic E-state index is -0.207. The second-order valence-corrected chi connectivity index (χ2v) is 7.64. The number of hydrogen-bond donors (Lipinski definition) is 1. The Morgan fingerprint density at radius 1 is 1.04 bits per heavy atom. The summed E-state index contributed by atoms with van der Waals surface area (Å²) in [7, 11) is 0. The first-order chi connectivity index (χ1) is 12.9. The van der Waals surface area contributed by atoms with Gasteiger partial charge in [0.1, 0.15) is 16.0 Å². The van der Waals surface area contributed by atoms with Crippen LogP contribution in [0.1, 0.15) is 16.8 Å². The molecule has 1 N–H and O–H groups in total. The van der Waals surface area contributed by atoms with E-state index in [-0.39, 0.29) is 12.2 Å². The number of hydrogen-bond acceptors (Lipinski definition) is 3. The average Bonchev–Trinajstić information content (AvgIpc) is 2.65. The van der Waals surface area contributed by atoms with Crippen molar-refractivity contribution in [3.8, 4) is 11.5 Å². The third kappa shape index (κ3) is 4.55. The zero-order chi connectivity index (χ0) is 19.6. The molecule has 1 heterocycles. The average molecular weight is 469 g/mol. The van der Waals surface area contributed by atoms with Crippen LogP contribution >= 0.6 is 39.1 Å². The lowest BCUT2D eigenvalue weighted by Crippen LogP contribution is -2.24. The molecule has 0 saturated carbocycles. The molecule has 0 aliphatic carbocycles. The van der Waals surface area contributed by atoms with Crippen LogP contribution in [0, 0.1) is 6.92 Å². The van der Waals surface area contributed by atoms with Crippen molar-refractivity contribution in [2.45, 2.75) is 20.1 Å². The van der Waals surface area contributed by atoms with Crippen molar-refractivity contribution in [3.05, 3.63) is 90.2 Å². The quantitative estimate of drug-likeness (QED) is 0.533. The van der Waals surface area contributed by atoms with Gasteiger partial charge >= 0.3 is 0 Å². The summed E-state index contributed by atoms with van der Waals surface area (Å²) >= 11 is 15.4. The minimum absolute atomic E-state index is 0.00982. The first-order valence-corrected chi connectivity index (χ1v) is 9.65. The van der Waals surface area contributed by atoms with Gasteiger partial charge in [-0.3, -0.25) is 4.79 Å². The molecule has 3 rings (SSSR count). The molecule has 4 nitrogen and oxygen atoms in total. The summed E-state index contributed by atoms with van der Waals surface area (Å²) in [5, 5.41) is 10.0. The van der Waals surface area contributed by atoms with E-state index in [1.165, 1.54) is 0 Å². The van der Waals surface area contributed by atoms with E-state index in [9.17, 15) is 4.79 Å². The van der Waals surface area contributed by atoms with Crippen LogP contribution in [0.5, 0.6) is 11.5 Å². The molecular formula is C20H16BrCl2NO3. The molecule has 0 aliphatic rings. The zero-order valence-electron chi connectivity index (χ0n) is 14.4. The van der Waals surface area contributed by atoms with Gasteiger partial charge in [-0.15, -0.1) is 0 Å². The number of aryl methyl sites for hydroxylation is 1. The second-order valence-electron chi connectivity index (χ2n) is 6.01. The standard InChI is InChI=1S/C20H16BrCl2NO3/c1-12-8-18(27-17-7-6-15(22)9-16(17)23)19(21)20(26)24(12)10-13-2-4-14(11-25)5-3-13/h2-9,25H,10-11H2,1H3. The zero-order valence-corrected chi connectivity index (χ0v) is 17.5. The fourth-order valence-electron chi connectivity index (χ4n) is 2.59. The molecule has 1 aromatic heterocycles. The Balaban J connectivity index is 1.92. The van der Waals surface area contributed by atoms with E-state index in [4.69, 9.17) is 33.0 Å². The van der Waals surface area contributed by atoms with Crippen molar-refractivity contribution in [1.29, 1.82) is 0 Å². The molecule has 7 heteroatoms. The normalized spacial score (nSPS) is 10.9. The van der Waals surface area contributed by atoms with Gasteiger partial charge in [0, 0.05) is 16.8 Å². The van der Waals surface area contributed by atoms with E-state index in [0.29, 0.717) is 32.6 Å². The van der Waals surface area contributed by atoms with Gasteiger partial charge in [0.05, 0.1) is 18.2 Å². The van der Waals surface area contributed by atoms with Crippen LogP contribution in [-0.4, -0.2) is 9.67 Å². The van der Waals surface area contributed by atoms with Gasteiger partial charge in [-0.1, -0.05) is 47.5 Å². The predicted octanol–water partition coefficient (Wildman–Crippen LogP) is 5.56. The van der Waals surface area contributed by atoms with Crippen molar-refractivity contribution in [3.63, 3.8) is 0 Å². The summed E-state index contributed by atoms with van der Waals surface area (Å²) in [5.41, 5.74) is 2.32. The van der Waals surface area contributed by atoms with Crippen LogP contribution in [0.3, 0.4) is 0 Å². The lowest BCUT2D eigenvalue weighted by Gasteiger charge is -2.15. The van der Waals surface area contributed by atoms with E-state index in [2.05, 4.69) is 15.9 Å². The summed E-state index contributed by atoms with van der Waals surface area (Å²) in [6.45, 7) is 2.24. The van der Waals surface area contributed by atoms with E-state index < -0.39 is 0 Å². The van der Waals surface area contributed by atoms with Gasteiger partial charge in [0.25, 0.3) is 5.56 Å². The van der Waals surface area contributed by atoms with Crippen molar-refractivity contribution in [2.75, 3.05) is 0 Å². The SMILES string of the molecule is Cc1cc(Oc2ccc(Cl)cc2Cl)c(Br)c(=O)n1Cc1ccc(CO)cc1. The van der Waals surface area contributed by atoms with Gasteiger partial charge in [0.2, 0.25) is 0 Å². The smallest absolute Gasteiger partial charge is 0.269 e. The van der Waals surface area contributed by atoms with Gasteiger partial charge in [-0.05, 0) is 52.2 Å². The first kappa shape index (κ1) is 20.0. The molecule has 3 aromatic rings. The summed E-state index contributed by atoms with van der Waals surface area (Å²) in [6.07, 6.45) is 0. The highest BCUT2D eigenvalue weighted by atomic mass is 79.9. The molecule has 0 bridgehead atoms. The maximum Gasteiger partial charge on any atom is 0.269 e. The Morgan fingerprint density at radius 2 is 1.70 bits per heavy atom. The molecular weight excluding hydrogens is 453 g/mol. The van der Waals surface area contributed by atoms with E-state index in [1.807, 2.05) is 31.2 Å². The summed E-state index contributed by atoms with van der Waals surface area (Å²) < 4.78 is 7.77. The topological polar surface area (TPSA) is 51.5 Å². The maximum absolute atomic E-state index is 12.8. The highest BCUT2D eigenvalue weighted by Gasteiger charge is 2.14. The third-order valence-electron chi connectivity index (χ3n) is 4.08. The Labute approximate surface area is 175 Å². The van der Waals surface area contributed by atoms with E-state index in [1.54, 1.807) is 28.8 Å². The highest BCUT2D eigenvalue weighted by molar-refractivity contribution is 9.10. The number of nitrogens with zero attached hydrogens (tertiary/aromatic N) is 1. The number of halogens is 3. The number of aliphatic hydroxyl groups excluding tert-OH is 1. The van der Waals surface area contributed by atoms with E-state index in [0.717, 1.165) is 16.8 Å². The molecule has 0 unspecified atom stereocenters. The van der Waals surface area contributed by atoms with Crippen LogP contribution in [-0.2, 0) is 13.2 Å². The van der Waals surface area contributed by atoms with Crippen LogP contribution in [0.4, 0.5) is 0 Å². The second kappa shape index (κ2) is 8.48. The van der Waals surface area contributed by atoms with Gasteiger partial charge < -0.3 is 14.4 Å². The molecule has 0 saturated heterocycles. The predicted molar refractivity (Wildman–Crippen MR) is 111 cm³/mol. The summed E-state index contributed by atoms with van der Waals surface area (Å²) in [4.78, 5) is 12.8. The number of ether oxygens (including phenoxy) is 1. The lowest BCUT2D eigenvalue weighted by atomic mass is 10.1. The molecule has 0 atom stereocenters. The highest BCUT2D eigenvalue weighted by Crippen LogP contribution is 2.34. The molecule has 2 aromatic carbocycles. The van der Waals surface area contributed by atoms with E-state index >= 15 is 0 Å². The molecule has 0 amide bonds. The first-order valence-electron chi connectivity index (χ1n) is 8.10. The minimum Gasteiger partial charge on any atom is -0.454 e. The molecule has 0 spiro atoms. The monoisotopic (exact) mass is 467 g/mol. The fourth-order valence-corrected chi connectivity index (χ4v) is 3.45. The summed E-state index contributed by atoms with van der Waals surface area (Å²) in [5.74, 6) is 0.798. The van der Waals surface area contributed by atoms with Gasteiger partial charge in [-0.2, -0.15) is 0 Å². The van der Waals surface area contributed by atoms with Crippen molar-refractivity contribution in [1.82, 2.24) is 4.57 Å². The largest absolute Gasteiger partial charge is 0.454 e. The van der Waals surface area contributed by atoms with Gasteiger partial charge in [0.15, 0.2) is 0 Å². The van der Waals surface area contributed by atoms with Crippen LogP contribution < -0.4 is 10.3 Å². The molecule has 0 aliphatic heterocycles. The molecule has 0 radical (unpaired) electrons. The number of aromatic nitrogens is 1. The summed E-state index contributed by atoms with van der Waals surface area (Å²) in [6, 6.07) is 14.1.